The first kappa shape index (κ1) is 14.2. The highest BCUT2D eigenvalue weighted by atomic mass is 16.6. The van der Waals surface area contributed by atoms with Gasteiger partial charge in [0.05, 0.1) is 0 Å². The summed E-state index contributed by atoms with van der Waals surface area (Å²) in [6.07, 6.45) is -1.02. The van der Waals surface area contributed by atoms with Crippen molar-refractivity contribution in [3.05, 3.63) is 0 Å². The van der Waals surface area contributed by atoms with Crippen LogP contribution < -0.4 is 5.73 Å². The minimum absolute atomic E-state index is 0.0718. The molecule has 0 aliphatic rings. The van der Waals surface area contributed by atoms with Crippen LogP contribution in [0.1, 0.15) is 20.3 Å². The van der Waals surface area contributed by atoms with Crippen LogP contribution in [-0.2, 0) is 4.79 Å². The Morgan fingerprint density at radius 3 is 1.69 bits per heavy atom. The second-order valence-corrected chi connectivity index (χ2v) is 2.53. The topological polar surface area (TPSA) is 121 Å². The quantitative estimate of drug-likeness (QED) is 0.522. The van der Waals surface area contributed by atoms with Gasteiger partial charge < -0.3 is 21.1 Å². The van der Waals surface area contributed by atoms with Crippen molar-refractivity contribution < 1.29 is 24.9 Å². The predicted octanol–water partition coefficient (Wildman–Crippen LogP) is 0.667. The lowest BCUT2D eigenvalue weighted by molar-refractivity contribution is -0.139. The molecule has 0 unspecified atom stereocenters. The number of hydrogen-bond donors (Lipinski definition) is 4. The summed E-state index contributed by atoms with van der Waals surface area (Å²) in [5.74, 6) is -0.841. The van der Waals surface area contributed by atoms with E-state index < -0.39 is 18.2 Å². The van der Waals surface area contributed by atoms with Crippen molar-refractivity contribution in [2.75, 3.05) is 0 Å². The van der Waals surface area contributed by atoms with Crippen LogP contribution in [-0.4, -0.2) is 33.5 Å². The SMILES string of the molecule is CC[C@H](C)[C@H](N)C(=O)O.O=C(O)O. The van der Waals surface area contributed by atoms with E-state index in [1.807, 2.05) is 13.8 Å². The minimum Gasteiger partial charge on any atom is -0.480 e. The molecule has 0 amide bonds. The summed E-state index contributed by atoms with van der Waals surface area (Å²) in [6, 6.07) is -0.699. The fraction of sp³-hybridized carbons (Fsp3) is 0.714. The molecule has 0 saturated heterocycles. The van der Waals surface area contributed by atoms with E-state index in [-0.39, 0.29) is 5.92 Å². The van der Waals surface area contributed by atoms with Gasteiger partial charge in [-0.2, -0.15) is 0 Å². The molecular formula is C7H15NO5. The number of nitrogens with two attached hydrogens (primary N) is 1. The van der Waals surface area contributed by atoms with Gasteiger partial charge in [0.2, 0.25) is 0 Å². The lowest BCUT2D eigenvalue weighted by atomic mass is 10.0. The van der Waals surface area contributed by atoms with Gasteiger partial charge in [-0.1, -0.05) is 20.3 Å². The predicted molar refractivity (Wildman–Crippen MR) is 45.7 cm³/mol. The molecule has 0 aliphatic heterocycles. The van der Waals surface area contributed by atoms with Crippen molar-refractivity contribution in [3.63, 3.8) is 0 Å². The van der Waals surface area contributed by atoms with Crippen LogP contribution in [0.3, 0.4) is 0 Å². The first-order valence-corrected chi connectivity index (χ1v) is 3.73. The maximum absolute atomic E-state index is 10.2. The van der Waals surface area contributed by atoms with Gasteiger partial charge in [-0.3, -0.25) is 4.79 Å². The molecule has 0 saturated carbocycles. The van der Waals surface area contributed by atoms with Gasteiger partial charge >= 0.3 is 12.1 Å². The number of carboxylic acid groups (broad SMARTS) is 3. The van der Waals surface area contributed by atoms with Crippen LogP contribution in [0.2, 0.25) is 0 Å². The van der Waals surface area contributed by atoms with Crippen molar-refractivity contribution in [1.29, 1.82) is 0 Å². The highest BCUT2D eigenvalue weighted by molar-refractivity contribution is 5.73. The summed E-state index contributed by atoms with van der Waals surface area (Å²) >= 11 is 0. The average molecular weight is 193 g/mol. The van der Waals surface area contributed by atoms with E-state index in [0.717, 1.165) is 6.42 Å². The first-order valence-electron chi connectivity index (χ1n) is 3.73. The number of carboxylic acids is 1. The fourth-order valence-electron chi connectivity index (χ4n) is 0.497. The molecule has 0 aromatic carbocycles. The summed E-state index contributed by atoms with van der Waals surface area (Å²) in [7, 11) is 0. The summed E-state index contributed by atoms with van der Waals surface area (Å²) in [5, 5.41) is 22.3. The Balaban J connectivity index is 0. The van der Waals surface area contributed by atoms with E-state index >= 15 is 0 Å². The molecule has 0 rings (SSSR count). The molecule has 0 heterocycles. The molecule has 0 aromatic rings. The van der Waals surface area contributed by atoms with E-state index in [1.54, 1.807) is 0 Å². The first-order chi connectivity index (χ1) is 5.82. The van der Waals surface area contributed by atoms with Gasteiger partial charge in [0, 0.05) is 0 Å². The fourth-order valence-corrected chi connectivity index (χ4v) is 0.497. The van der Waals surface area contributed by atoms with Crippen molar-refractivity contribution in [3.8, 4) is 0 Å². The Morgan fingerprint density at radius 2 is 1.62 bits per heavy atom. The van der Waals surface area contributed by atoms with Crippen molar-refractivity contribution in [1.82, 2.24) is 0 Å². The van der Waals surface area contributed by atoms with Gasteiger partial charge in [0.25, 0.3) is 0 Å². The Morgan fingerprint density at radius 1 is 1.31 bits per heavy atom. The average Bonchev–Trinajstić information content (AvgIpc) is 2.00. The summed E-state index contributed by atoms with van der Waals surface area (Å²) in [4.78, 5) is 18.7. The summed E-state index contributed by atoms with van der Waals surface area (Å²) < 4.78 is 0. The van der Waals surface area contributed by atoms with Gasteiger partial charge in [-0.25, -0.2) is 4.79 Å². The number of rotatable bonds is 3. The Hall–Kier alpha value is -1.30. The zero-order chi connectivity index (χ0) is 11.0. The highest BCUT2D eigenvalue weighted by Gasteiger charge is 2.17. The lowest BCUT2D eigenvalue weighted by Crippen LogP contribution is -2.36. The molecule has 2 atom stereocenters. The van der Waals surface area contributed by atoms with Gasteiger partial charge in [0.1, 0.15) is 6.04 Å². The molecule has 5 N–H and O–H groups in total. The smallest absolute Gasteiger partial charge is 0.480 e. The minimum atomic E-state index is -1.83. The van der Waals surface area contributed by atoms with Crippen LogP contribution in [0, 0.1) is 5.92 Å². The van der Waals surface area contributed by atoms with Crippen LogP contribution in [0.4, 0.5) is 4.79 Å². The Kier molecular flexibility index (Phi) is 8.05. The van der Waals surface area contributed by atoms with Crippen LogP contribution in [0.25, 0.3) is 0 Å². The van der Waals surface area contributed by atoms with Crippen molar-refractivity contribution in [2.24, 2.45) is 11.7 Å². The Bertz CT molecular complexity index is 166. The third-order valence-electron chi connectivity index (χ3n) is 1.54. The second-order valence-electron chi connectivity index (χ2n) is 2.53. The van der Waals surface area contributed by atoms with E-state index in [4.69, 9.17) is 25.8 Å². The Labute approximate surface area is 76.0 Å². The molecule has 6 heteroatoms. The summed E-state index contributed by atoms with van der Waals surface area (Å²) in [6.45, 7) is 3.76. The maximum atomic E-state index is 10.2. The zero-order valence-corrected chi connectivity index (χ0v) is 7.60. The number of hydrogen-bond acceptors (Lipinski definition) is 3. The van der Waals surface area contributed by atoms with Crippen molar-refractivity contribution >= 4 is 12.1 Å². The maximum Gasteiger partial charge on any atom is 0.503 e. The molecule has 0 aromatic heterocycles. The summed E-state index contributed by atoms with van der Waals surface area (Å²) in [5.41, 5.74) is 5.27. The molecule has 0 aliphatic carbocycles. The normalized spacial score (nSPS) is 13.5. The zero-order valence-electron chi connectivity index (χ0n) is 7.60. The second kappa shape index (κ2) is 7.35. The van der Waals surface area contributed by atoms with Crippen LogP contribution >= 0.6 is 0 Å². The van der Waals surface area contributed by atoms with E-state index in [1.165, 1.54) is 0 Å². The van der Waals surface area contributed by atoms with E-state index in [9.17, 15) is 4.79 Å². The standard InChI is InChI=1S/C6H13NO2.CH2O3/c1-3-4(2)5(7)6(8)9;2-1(3)4/h4-5H,3,7H2,1-2H3,(H,8,9);(H2,2,3,4)/t4-,5-;/m0./s1. The van der Waals surface area contributed by atoms with Gasteiger partial charge in [0.15, 0.2) is 0 Å². The van der Waals surface area contributed by atoms with Gasteiger partial charge in [-0.05, 0) is 5.92 Å². The molecule has 0 bridgehead atoms. The van der Waals surface area contributed by atoms with Crippen LogP contribution in [0.15, 0.2) is 0 Å². The number of aliphatic carboxylic acids is 1. The third-order valence-corrected chi connectivity index (χ3v) is 1.54. The molecule has 13 heavy (non-hydrogen) atoms. The van der Waals surface area contributed by atoms with Crippen LogP contribution in [0.5, 0.6) is 0 Å². The van der Waals surface area contributed by atoms with E-state index in [0.29, 0.717) is 0 Å². The van der Waals surface area contributed by atoms with E-state index in [2.05, 4.69) is 0 Å². The molecule has 0 radical (unpaired) electrons. The molecular weight excluding hydrogens is 178 g/mol. The number of carbonyl (C=O) groups is 2. The van der Waals surface area contributed by atoms with Crippen molar-refractivity contribution in [2.45, 2.75) is 26.3 Å². The molecule has 78 valence electrons. The molecule has 0 spiro atoms. The molecule has 0 fully saturated rings. The third kappa shape index (κ3) is 10.7. The monoisotopic (exact) mass is 193 g/mol. The van der Waals surface area contributed by atoms with Gasteiger partial charge in [-0.15, -0.1) is 0 Å². The molecule has 6 nitrogen and oxygen atoms in total. The lowest BCUT2D eigenvalue weighted by Gasteiger charge is -2.11. The largest absolute Gasteiger partial charge is 0.503 e. The highest BCUT2D eigenvalue weighted by Crippen LogP contribution is 2.04.